The average molecular weight is 704 g/mol. The van der Waals surface area contributed by atoms with Gasteiger partial charge in [-0.05, 0) is 65.4 Å². The van der Waals surface area contributed by atoms with Gasteiger partial charge < -0.3 is 25.6 Å². The minimum absolute atomic E-state index is 0.0607. The minimum atomic E-state index is -5.11. The first-order valence-electron chi connectivity index (χ1n) is 13.6. The van der Waals surface area contributed by atoms with E-state index < -0.39 is 51.0 Å². The van der Waals surface area contributed by atoms with Gasteiger partial charge in [0, 0.05) is 36.0 Å². The van der Waals surface area contributed by atoms with E-state index in [1.165, 1.54) is 23.6 Å². The van der Waals surface area contributed by atoms with Gasteiger partial charge in [0.15, 0.2) is 11.5 Å². The number of carbonyl (C=O) groups excluding carboxylic acids is 1. The van der Waals surface area contributed by atoms with Crippen molar-refractivity contribution in [3.8, 4) is 34.1 Å². The molecule has 2 amide bonds. The Morgan fingerprint density at radius 3 is 2.11 bits per heavy atom. The molecule has 9 nitrogen and oxygen atoms in total. The van der Waals surface area contributed by atoms with Gasteiger partial charge in [0.25, 0.3) is 10.0 Å². The second-order valence-corrected chi connectivity index (χ2v) is 13.2. The van der Waals surface area contributed by atoms with Crippen LogP contribution in [-0.2, 0) is 22.4 Å². The number of thiophene rings is 1. The van der Waals surface area contributed by atoms with E-state index in [4.69, 9.17) is 4.74 Å². The minimum Gasteiger partial charge on any atom is -0.504 e. The molecule has 0 radical (unpaired) electrons. The van der Waals surface area contributed by atoms with E-state index in [0.29, 0.717) is 17.7 Å². The first kappa shape index (κ1) is 35.4. The van der Waals surface area contributed by atoms with E-state index in [1.807, 2.05) is 19.2 Å². The predicted octanol–water partition coefficient (Wildman–Crippen LogP) is 7.88. The Morgan fingerprint density at radius 2 is 1.51 bits per heavy atom. The normalized spacial score (nSPS) is 12.3. The molecule has 0 saturated heterocycles. The van der Waals surface area contributed by atoms with Gasteiger partial charge in [-0.1, -0.05) is 19.9 Å². The smallest absolute Gasteiger partial charge is 0.416 e. The van der Waals surface area contributed by atoms with Crippen molar-refractivity contribution in [3.63, 3.8) is 0 Å². The Bertz CT molecular complexity index is 1840. The molecule has 0 atom stereocenters. The quantitative estimate of drug-likeness (QED) is 0.0648. The van der Waals surface area contributed by atoms with Gasteiger partial charge in [0.1, 0.15) is 15.7 Å². The number of halogens is 6. The number of carbonyl (C=O) groups is 1. The molecular weight excluding hydrogens is 676 g/mol. The molecule has 5 N–H and O–H groups in total. The largest absolute Gasteiger partial charge is 0.504 e. The molecule has 0 spiro atoms. The number of anilines is 1. The van der Waals surface area contributed by atoms with Crippen molar-refractivity contribution < 1.29 is 54.5 Å². The zero-order valence-corrected chi connectivity index (χ0v) is 26.1. The van der Waals surface area contributed by atoms with Gasteiger partial charge in [-0.25, -0.2) is 17.9 Å². The Balaban J connectivity index is 1.48. The Kier molecular flexibility index (Phi) is 10.3. The van der Waals surface area contributed by atoms with Gasteiger partial charge in [-0.3, -0.25) is 0 Å². The summed E-state index contributed by atoms with van der Waals surface area (Å²) in [5.74, 6) is -0.306. The van der Waals surface area contributed by atoms with Gasteiger partial charge >= 0.3 is 18.4 Å². The Hall–Kier alpha value is -4.48. The number of nitrogens with one attached hydrogen (secondary N) is 3. The highest BCUT2D eigenvalue weighted by Crippen LogP contribution is 2.42. The van der Waals surface area contributed by atoms with Crippen molar-refractivity contribution >= 4 is 33.1 Å². The predicted molar refractivity (Wildman–Crippen MR) is 162 cm³/mol. The van der Waals surface area contributed by atoms with Crippen LogP contribution in [0.1, 0.15) is 36.5 Å². The third-order valence-electron chi connectivity index (χ3n) is 6.56. The number of urea groups is 1. The molecule has 0 fully saturated rings. The van der Waals surface area contributed by atoms with Crippen LogP contribution >= 0.6 is 11.3 Å². The maximum absolute atomic E-state index is 13.3. The second-order valence-electron chi connectivity index (χ2n) is 10.4. The number of phenols is 2. The van der Waals surface area contributed by atoms with Gasteiger partial charge in [-0.15, -0.1) is 11.3 Å². The van der Waals surface area contributed by atoms with E-state index in [1.54, 1.807) is 24.3 Å². The summed E-state index contributed by atoms with van der Waals surface area (Å²) >= 11 is 0.895. The number of hydrogen-bond donors (Lipinski definition) is 5. The van der Waals surface area contributed by atoms with Crippen LogP contribution in [-0.4, -0.2) is 37.8 Å². The van der Waals surface area contributed by atoms with Crippen LogP contribution in [0, 0.1) is 0 Å². The van der Waals surface area contributed by atoms with Crippen molar-refractivity contribution in [2.24, 2.45) is 0 Å². The first-order valence-corrected chi connectivity index (χ1v) is 16.0. The van der Waals surface area contributed by atoms with E-state index in [-0.39, 0.29) is 52.1 Å². The fourth-order valence-electron chi connectivity index (χ4n) is 4.23. The molecule has 0 bridgehead atoms. The lowest BCUT2D eigenvalue weighted by Crippen LogP contribution is -2.36. The molecule has 4 aromatic rings. The fourth-order valence-corrected chi connectivity index (χ4v) is 6.68. The van der Waals surface area contributed by atoms with Crippen molar-refractivity contribution in [3.05, 3.63) is 82.7 Å². The van der Waals surface area contributed by atoms with E-state index in [2.05, 4.69) is 10.0 Å². The van der Waals surface area contributed by atoms with Crippen LogP contribution in [0.5, 0.6) is 23.0 Å². The van der Waals surface area contributed by atoms with Crippen LogP contribution in [0.2, 0.25) is 0 Å². The number of alkyl halides is 6. The molecule has 0 aliphatic carbocycles. The molecule has 47 heavy (non-hydrogen) atoms. The maximum atomic E-state index is 13.3. The topological polar surface area (TPSA) is 137 Å². The van der Waals surface area contributed by atoms with Crippen LogP contribution in [0.15, 0.2) is 70.3 Å². The summed E-state index contributed by atoms with van der Waals surface area (Å²) in [6.07, 6.45) is -10.2. The summed E-state index contributed by atoms with van der Waals surface area (Å²) in [7, 11) is -4.21. The maximum Gasteiger partial charge on any atom is 0.416 e. The van der Waals surface area contributed by atoms with E-state index in [0.717, 1.165) is 16.9 Å². The molecule has 0 aliphatic rings. The van der Waals surface area contributed by atoms with Crippen LogP contribution < -0.4 is 20.1 Å². The van der Waals surface area contributed by atoms with Crippen LogP contribution in [0.25, 0.3) is 11.1 Å². The summed E-state index contributed by atoms with van der Waals surface area (Å²) < 4.78 is 113. The van der Waals surface area contributed by atoms with Crippen molar-refractivity contribution in [2.45, 2.75) is 36.3 Å². The third kappa shape index (κ3) is 8.87. The molecule has 0 unspecified atom stereocenters. The highest BCUT2D eigenvalue weighted by Gasteiger charge is 2.37. The lowest BCUT2D eigenvalue weighted by Gasteiger charge is -2.16. The molecule has 3 aromatic carbocycles. The first-order chi connectivity index (χ1) is 21.8. The highest BCUT2D eigenvalue weighted by molar-refractivity contribution is 7.91. The highest BCUT2D eigenvalue weighted by atomic mass is 32.2. The average Bonchev–Trinajstić information content (AvgIpc) is 3.47. The van der Waals surface area contributed by atoms with Gasteiger partial charge in [-0.2, -0.15) is 26.3 Å². The van der Waals surface area contributed by atoms with E-state index >= 15 is 0 Å². The molecule has 0 aliphatic heterocycles. The van der Waals surface area contributed by atoms with Gasteiger partial charge in [0.2, 0.25) is 0 Å². The zero-order chi connectivity index (χ0) is 34.7. The molecule has 17 heteroatoms. The third-order valence-corrected chi connectivity index (χ3v) is 9.50. The lowest BCUT2D eigenvalue weighted by atomic mass is 9.98. The number of phenolic OH excluding ortho intramolecular Hbond substituents is 2. The van der Waals surface area contributed by atoms with Crippen molar-refractivity contribution in [1.29, 1.82) is 0 Å². The lowest BCUT2D eigenvalue weighted by molar-refractivity contribution is -0.143. The molecule has 4 rings (SSSR count). The summed E-state index contributed by atoms with van der Waals surface area (Å²) in [5.41, 5.74) is -2.45. The number of sulfonamides is 1. The zero-order valence-electron chi connectivity index (χ0n) is 24.5. The van der Waals surface area contributed by atoms with Crippen LogP contribution in [0.3, 0.4) is 0 Å². The molecule has 0 saturated carbocycles. The SMILES string of the molecule is CC(C)c1ccc(Oc2ccc(O)c(O)c2)c(-c2ccsc2S(=O)(=O)NCCNC(=O)Nc2cc(C(F)(F)F)cc(C(F)(F)F)c2)c1. The molecule has 1 heterocycles. The Labute approximate surface area is 268 Å². The van der Waals surface area contributed by atoms with Crippen LogP contribution in [0.4, 0.5) is 36.8 Å². The molecule has 252 valence electrons. The second kappa shape index (κ2) is 13.7. The monoisotopic (exact) mass is 703 g/mol. The summed E-state index contributed by atoms with van der Waals surface area (Å²) in [6.45, 7) is 3.12. The number of rotatable bonds is 10. The Morgan fingerprint density at radius 1 is 0.851 bits per heavy atom. The van der Waals surface area contributed by atoms with Crippen molar-refractivity contribution in [2.75, 3.05) is 18.4 Å². The fraction of sp³-hybridized carbons (Fsp3) is 0.233. The van der Waals surface area contributed by atoms with E-state index in [9.17, 15) is 49.8 Å². The number of amides is 2. The number of ether oxygens (including phenoxy) is 1. The van der Waals surface area contributed by atoms with Crippen molar-refractivity contribution in [1.82, 2.24) is 10.0 Å². The summed E-state index contributed by atoms with van der Waals surface area (Å²) in [6, 6.07) is 10.0. The number of benzene rings is 3. The summed E-state index contributed by atoms with van der Waals surface area (Å²) in [5, 5.41) is 25.1. The van der Waals surface area contributed by atoms with Gasteiger partial charge in [0.05, 0.1) is 11.1 Å². The standard InChI is InChI=1S/C30H27F6N3O6S2/c1-16(2)17-3-6-26(45-21-4-5-24(40)25(41)15-21)23(11-17)22-7-10-46-27(22)47(43,44)38-9-8-37-28(42)39-20-13-18(29(31,32)33)12-19(14-20)30(34,35)36/h3-7,10-16,38,40-41H,8-9H2,1-2H3,(H2,37,39,42). The number of hydrogen-bond acceptors (Lipinski definition) is 7. The number of aromatic hydroxyl groups is 2. The molecular formula is C30H27F6N3O6S2. The summed E-state index contributed by atoms with van der Waals surface area (Å²) in [4.78, 5) is 12.2. The molecule has 1 aromatic heterocycles.